The maximum absolute atomic E-state index is 11.9. The van der Waals surface area contributed by atoms with E-state index in [9.17, 15) is 9.90 Å². The van der Waals surface area contributed by atoms with Crippen molar-refractivity contribution in [2.24, 2.45) is 5.92 Å². The van der Waals surface area contributed by atoms with Crippen LogP contribution in [0.2, 0.25) is 0 Å². The van der Waals surface area contributed by atoms with Gasteiger partial charge in [-0.1, -0.05) is 13.8 Å². The molecule has 0 aromatic heterocycles. The Morgan fingerprint density at radius 2 is 2.11 bits per heavy atom. The predicted octanol–water partition coefficient (Wildman–Crippen LogP) is 0.498. The molecule has 1 saturated heterocycles. The van der Waals surface area contributed by atoms with Gasteiger partial charge in [-0.15, -0.1) is 0 Å². The molecule has 102 valence electrons. The van der Waals surface area contributed by atoms with E-state index in [0.29, 0.717) is 19.4 Å². The molecule has 1 fully saturated rings. The van der Waals surface area contributed by atoms with Crippen molar-refractivity contribution >= 4 is 5.91 Å². The van der Waals surface area contributed by atoms with Crippen molar-refractivity contribution in [3.05, 3.63) is 0 Å². The topological polar surface area (TPSA) is 76.4 Å². The lowest BCUT2D eigenvalue weighted by Crippen LogP contribution is -2.52. The van der Waals surface area contributed by atoms with Crippen molar-refractivity contribution in [1.29, 1.82) is 5.26 Å². The number of hydrogen-bond donors (Lipinski definition) is 2. The lowest BCUT2D eigenvalue weighted by Gasteiger charge is -2.31. The second-order valence-corrected chi connectivity index (χ2v) is 5.52. The molecule has 1 aliphatic rings. The predicted molar refractivity (Wildman–Crippen MR) is 68.7 cm³/mol. The molecule has 1 amide bonds. The molecule has 1 heterocycles. The molecule has 0 radical (unpaired) electrons. The highest BCUT2D eigenvalue weighted by Gasteiger charge is 2.30. The number of piperidine rings is 1. The Morgan fingerprint density at radius 3 is 2.56 bits per heavy atom. The summed E-state index contributed by atoms with van der Waals surface area (Å²) in [7, 11) is 0. The lowest BCUT2D eigenvalue weighted by atomic mass is 9.90. The Hall–Kier alpha value is -1.12. The van der Waals surface area contributed by atoms with Gasteiger partial charge >= 0.3 is 0 Å². The van der Waals surface area contributed by atoms with Crippen molar-refractivity contribution in [3.63, 3.8) is 0 Å². The third kappa shape index (κ3) is 3.97. The minimum atomic E-state index is -0.813. The van der Waals surface area contributed by atoms with Crippen LogP contribution in [0.4, 0.5) is 0 Å². The second kappa shape index (κ2) is 6.17. The van der Waals surface area contributed by atoms with E-state index < -0.39 is 5.54 Å². The number of nitriles is 1. The van der Waals surface area contributed by atoms with Crippen molar-refractivity contribution in [2.45, 2.75) is 45.3 Å². The summed E-state index contributed by atoms with van der Waals surface area (Å²) in [4.78, 5) is 13.9. The van der Waals surface area contributed by atoms with Crippen LogP contribution in [0, 0.1) is 17.2 Å². The molecular weight excluding hydrogens is 230 g/mol. The number of nitrogens with one attached hydrogen (secondary N) is 1. The number of aliphatic hydroxyl groups excluding tert-OH is 1. The number of rotatable bonds is 4. The number of carbonyl (C=O) groups is 1. The molecule has 0 saturated carbocycles. The third-order valence-corrected chi connectivity index (χ3v) is 3.71. The molecule has 1 rings (SSSR count). The average Bonchev–Trinajstić information content (AvgIpc) is 2.31. The molecule has 18 heavy (non-hydrogen) atoms. The fourth-order valence-corrected chi connectivity index (χ4v) is 1.91. The van der Waals surface area contributed by atoms with Crippen LogP contribution in [-0.2, 0) is 4.79 Å². The number of nitrogens with zero attached hydrogens (tertiary/aromatic N) is 2. The van der Waals surface area contributed by atoms with E-state index in [4.69, 9.17) is 5.26 Å². The molecule has 0 aromatic rings. The van der Waals surface area contributed by atoms with Crippen molar-refractivity contribution in [1.82, 2.24) is 10.2 Å². The number of carbonyl (C=O) groups excluding carboxylic acids is 1. The Bertz CT molecular complexity index is 330. The van der Waals surface area contributed by atoms with Gasteiger partial charge in [0.15, 0.2) is 0 Å². The molecular formula is C13H23N3O2. The van der Waals surface area contributed by atoms with Crippen LogP contribution in [-0.4, -0.2) is 47.2 Å². The first-order valence-electron chi connectivity index (χ1n) is 6.50. The highest BCUT2D eigenvalue weighted by atomic mass is 16.3. The average molecular weight is 253 g/mol. The molecule has 1 atom stereocenters. The van der Waals surface area contributed by atoms with Gasteiger partial charge in [-0.25, -0.2) is 0 Å². The third-order valence-electron chi connectivity index (χ3n) is 3.71. The molecule has 0 aliphatic carbocycles. The van der Waals surface area contributed by atoms with Crippen LogP contribution in [0.25, 0.3) is 0 Å². The zero-order chi connectivity index (χ0) is 13.8. The summed E-state index contributed by atoms with van der Waals surface area (Å²) < 4.78 is 0. The smallest absolute Gasteiger partial charge is 0.235 e. The molecule has 0 spiro atoms. The van der Waals surface area contributed by atoms with Gasteiger partial charge in [-0.3, -0.25) is 9.69 Å². The van der Waals surface area contributed by atoms with E-state index in [0.717, 1.165) is 13.1 Å². The Morgan fingerprint density at radius 1 is 1.56 bits per heavy atom. The fraction of sp³-hybridized carbons (Fsp3) is 0.846. The van der Waals surface area contributed by atoms with Gasteiger partial charge in [0.2, 0.25) is 5.91 Å². The van der Waals surface area contributed by atoms with Gasteiger partial charge in [0.25, 0.3) is 0 Å². The van der Waals surface area contributed by atoms with Gasteiger partial charge in [0.1, 0.15) is 5.54 Å². The van der Waals surface area contributed by atoms with E-state index in [1.807, 2.05) is 18.7 Å². The van der Waals surface area contributed by atoms with Gasteiger partial charge < -0.3 is 10.4 Å². The zero-order valence-corrected chi connectivity index (χ0v) is 11.4. The van der Waals surface area contributed by atoms with Crippen molar-refractivity contribution < 1.29 is 9.90 Å². The second-order valence-electron chi connectivity index (χ2n) is 5.52. The normalized spacial score (nSPS) is 21.3. The first kappa shape index (κ1) is 14.9. The summed E-state index contributed by atoms with van der Waals surface area (Å²) in [6.45, 7) is 7.35. The van der Waals surface area contributed by atoms with Crippen LogP contribution in [0.1, 0.15) is 33.6 Å². The van der Waals surface area contributed by atoms with Gasteiger partial charge in [-0.05, 0) is 25.7 Å². The minimum Gasteiger partial charge on any atom is -0.393 e. The molecule has 5 nitrogen and oxygen atoms in total. The summed E-state index contributed by atoms with van der Waals surface area (Å²) in [5.74, 6) is -0.0567. The first-order chi connectivity index (χ1) is 8.37. The van der Waals surface area contributed by atoms with E-state index in [-0.39, 0.29) is 17.9 Å². The highest BCUT2D eigenvalue weighted by Crippen LogP contribution is 2.15. The number of amides is 1. The summed E-state index contributed by atoms with van der Waals surface area (Å²) >= 11 is 0. The van der Waals surface area contributed by atoms with E-state index >= 15 is 0 Å². The van der Waals surface area contributed by atoms with Crippen LogP contribution >= 0.6 is 0 Å². The molecule has 0 bridgehead atoms. The zero-order valence-electron chi connectivity index (χ0n) is 11.4. The molecule has 0 aromatic carbocycles. The van der Waals surface area contributed by atoms with E-state index in [2.05, 4.69) is 11.4 Å². The van der Waals surface area contributed by atoms with Gasteiger partial charge in [0, 0.05) is 13.1 Å². The first-order valence-corrected chi connectivity index (χ1v) is 6.50. The van der Waals surface area contributed by atoms with E-state index in [1.165, 1.54) is 0 Å². The molecule has 1 unspecified atom stereocenters. The maximum atomic E-state index is 11.9. The van der Waals surface area contributed by atoms with Crippen molar-refractivity contribution in [3.8, 4) is 6.07 Å². The number of hydrogen-bond acceptors (Lipinski definition) is 4. The monoisotopic (exact) mass is 253 g/mol. The highest BCUT2D eigenvalue weighted by molar-refractivity contribution is 5.79. The summed E-state index contributed by atoms with van der Waals surface area (Å²) in [5.41, 5.74) is -0.813. The van der Waals surface area contributed by atoms with Crippen LogP contribution < -0.4 is 5.32 Å². The summed E-state index contributed by atoms with van der Waals surface area (Å²) in [6, 6.07) is 2.16. The Labute approximate surface area is 109 Å². The van der Waals surface area contributed by atoms with E-state index in [1.54, 1.807) is 6.92 Å². The van der Waals surface area contributed by atoms with Crippen molar-refractivity contribution in [2.75, 3.05) is 19.6 Å². The Kier molecular flexibility index (Phi) is 5.12. The van der Waals surface area contributed by atoms with Crippen LogP contribution in [0.5, 0.6) is 0 Å². The minimum absolute atomic E-state index is 0.0645. The number of aliphatic hydroxyl groups is 1. The summed E-state index contributed by atoms with van der Waals surface area (Å²) in [6.07, 6.45) is 1.20. The SMILES string of the molecule is CC(C)C(C)(C#N)NC(=O)CN1CCC(O)CC1. The summed E-state index contributed by atoms with van der Waals surface area (Å²) in [5, 5.41) is 21.3. The largest absolute Gasteiger partial charge is 0.393 e. The standard InChI is InChI=1S/C13H23N3O2/c1-10(2)13(3,9-14)15-12(18)8-16-6-4-11(17)5-7-16/h10-11,17H,4-8H2,1-3H3,(H,15,18). The Balaban J connectivity index is 2.44. The van der Waals surface area contributed by atoms with Gasteiger partial charge in [0.05, 0.1) is 18.7 Å². The molecule has 5 heteroatoms. The lowest BCUT2D eigenvalue weighted by molar-refractivity contribution is -0.124. The maximum Gasteiger partial charge on any atom is 0.235 e. The fourth-order valence-electron chi connectivity index (χ4n) is 1.91. The van der Waals surface area contributed by atoms with Gasteiger partial charge in [-0.2, -0.15) is 5.26 Å². The molecule has 2 N–H and O–H groups in total. The number of likely N-dealkylation sites (tertiary alicyclic amines) is 1. The molecule has 1 aliphatic heterocycles. The van der Waals surface area contributed by atoms with Crippen LogP contribution in [0.15, 0.2) is 0 Å². The quantitative estimate of drug-likeness (QED) is 0.765. The van der Waals surface area contributed by atoms with Crippen LogP contribution in [0.3, 0.4) is 0 Å².